The molecule has 3 aromatic rings. The fourth-order valence-electron chi connectivity index (χ4n) is 4.04. The summed E-state index contributed by atoms with van der Waals surface area (Å²) < 4.78 is 2.49. The molecular weight excluding hydrogens is 426 g/mol. The Balaban J connectivity index is 1.64. The van der Waals surface area contributed by atoms with Gasteiger partial charge < -0.3 is 9.80 Å². The molecule has 1 aliphatic rings. The van der Waals surface area contributed by atoms with E-state index in [-0.39, 0.29) is 22.6 Å². The van der Waals surface area contributed by atoms with Crippen molar-refractivity contribution < 1.29 is 9.72 Å². The van der Waals surface area contributed by atoms with Gasteiger partial charge >= 0.3 is 5.69 Å². The normalized spacial score (nSPS) is 13.8. The number of aromatic nitrogens is 2. The summed E-state index contributed by atoms with van der Waals surface area (Å²) in [5, 5.41) is 11.3. The Labute approximate surface area is 189 Å². The van der Waals surface area contributed by atoms with Crippen LogP contribution in [0, 0.1) is 10.1 Å². The van der Waals surface area contributed by atoms with Gasteiger partial charge in [-0.2, -0.15) is 0 Å². The standard InChI is InChI=1S/C23H23N5O5/c1-24-20(15-21(29)25(2)23(24)31)27-12-10-26(11-13-27)19-9-8-17(28(32)33)14-18(19)22(30)16-6-4-3-5-7-16/h3-9,14-15H,10-13H2,1-2H3. The number of rotatable bonds is 5. The molecule has 1 aliphatic heterocycles. The predicted octanol–water partition coefficient (Wildman–Crippen LogP) is 1.55. The Morgan fingerprint density at radius 1 is 0.879 bits per heavy atom. The van der Waals surface area contributed by atoms with E-state index in [1.165, 1.54) is 29.8 Å². The number of carbonyl (C=O) groups excluding carboxylic acids is 1. The van der Waals surface area contributed by atoms with Crippen molar-refractivity contribution >= 4 is 23.0 Å². The van der Waals surface area contributed by atoms with Gasteiger partial charge in [-0.1, -0.05) is 30.3 Å². The number of carbonyl (C=O) groups is 1. The number of nitrogens with zero attached hydrogens (tertiary/aromatic N) is 5. The Morgan fingerprint density at radius 2 is 1.52 bits per heavy atom. The Morgan fingerprint density at radius 3 is 2.15 bits per heavy atom. The first kappa shape index (κ1) is 22.0. The number of hydrogen-bond acceptors (Lipinski definition) is 7. The third-order valence-corrected chi connectivity index (χ3v) is 5.92. The number of piperazine rings is 1. The zero-order valence-corrected chi connectivity index (χ0v) is 18.3. The molecule has 10 heteroatoms. The zero-order valence-electron chi connectivity index (χ0n) is 18.3. The average Bonchev–Trinajstić information content (AvgIpc) is 2.84. The van der Waals surface area contributed by atoms with Crippen molar-refractivity contribution in [2.45, 2.75) is 0 Å². The van der Waals surface area contributed by atoms with Crippen LogP contribution in [0.2, 0.25) is 0 Å². The average molecular weight is 449 g/mol. The first-order valence-corrected chi connectivity index (χ1v) is 10.4. The summed E-state index contributed by atoms with van der Waals surface area (Å²) in [5.41, 5.74) is 0.421. The summed E-state index contributed by atoms with van der Waals surface area (Å²) in [6.45, 7) is 2.04. The van der Waals surface area contributed by atoms with Crippen LogP contribution < -0.4 is 21.0 Å². The Kier molecular flexibility index (Phi) is 5.82. The van der Waals surface area contributed by atoms with Crippen LogP contribution in [0.5, 0.6) is 0 Å². The maximum Gasteiger partial charge on any atom is 0.332 e. The van der Waals surface area contributed by atoms with Crippen LogP contribution in [0.1, 0.15) is 15.9 Å². The molecule has 1 saturated heterocycles. The topological polar surface area (TPSA) is 111 Å². The Bertz CT molecular complexity index is 1340. The fraction of sp³-hybridized carbons (Fsp3) is 0.261. The number of benzene rings is 2. The van der Waals surface area contributed by atoms with Crippen molar-refractivity contribution in [3.8, 4) is 0 Å². The Hall–Kier alpha value is -4.21. The number of hydrogen-bond donors (Lipinski definition) is 0. The van der Waals surface area contributed by atoms with Crippen LogP contribution in [-0.2, 0) is 14.1 Å². The summed E-state index contributed by atoms with van der Waals surface area (Å²) in [6, 6.07) is 14.4. The van der Waals surface area contributed by atoms with Gasteiger partial charge in [-0.15, -0.1) is 0 Å². The summed E-state index contributed by atoms with van der Waals surface area (Å²) in [7, 11) is 3.06. The fourth-order valence-corrected chi connectivity index (χ4v) is 4.04. The van der Waals surface area contributed by atoms with Crippen LogP contribution >= 0.6 is 0 Å². The molecule has 0 radical (unpaired) electrons. The van der Waals surface area contributed by atoms with Gasteiger partial charge in [0.15, 0.2) is 5.78 Å². The van der Waals surface area contributed by atoms with Gasteiger partial charge in [-0.25, -0.2) is 4.79 Å². The van der Waals surface area contributed by atoms with Crippen LogP contribution in [0.25, 0.3) is 0 Å². The maximum atomic E-state index is 13.2. The molecule has 10 nitrogen and oxygen atoms in total. The molecule has 0 unspecified atom stereocenters. The van der Waals surface area contributed by atoms with Crippen LogP contribution in [0.3, 0.4) is 0 Å². The van der Waals surface area contributed by atoms with Gasteiger partial charge in [-0.05, 0) is 6.07 Å². The van der Waals surface area contributed by atoms with E-state index in [1.54, 1.807) is 43.4 Å². The van der Waals surface area contributed by atoms with E-state index in [0.29, 0.717) is 43.2 Å². The minimum absolute atomic E-state index is 0.146. The quantitative estimate of drug-likeness (QED) is 0.330. The van der Waals surface area contributed by atoms with E-state index in [1.807, 2.05) is 9.80 Å². The van der Waals surface area contributed by atoms with Gasteiger partial charge in [-0.3, -0.25) is 28.8 Å². The lowest BCUT2D eigenvalue weighted by Gasteiger charge is -2.38. The molecule has 0 spiro atoms. The van der Waals surface area contributed by atoms with E-state index in [4.69, 9.17) is 0 Å². The lowest BCUT2D eigenvalue weighted by atomic mass is 10.00. The highest BCUT2D eigenvalue weighted by atomic mass is 16.6. The van der Waals surface area contributed by atoms with E-state index in [2.05, 4.69) is 0 Å². The van der Waals surface area contributed by atoms with E-state index < -0.39 is 10.6 Å². The number of nitro benzene ring substituents is 1. The van der Waals surface area contributed by atoms with Crippen molar-refractivity contribution in [3.63, 3.8) is 0 Å². The molecule has 170 valence electrons. The largest absolute Gasteiger partial charge is 0.367 e. The molecular formula is C23H23N5O5. The van der Waals surface area contributed by atoms with Crippen molar-refractivity contribution in [3.05, 3.63) is 96.7 Å². The maximum absolute atomic E-state index is 13.2. The minimum Gasteiger partial charge on any atom is -0.367 e. The van der Waals surface area contributed by atoms with Gasteiger partial charge in [0.25, 0.3) is 11.2 Å². The van der Waals surface area contributed by atoms with Gasteiger partial charge in [0.05, 0.1) is 10.5 Å². The lowest BCUT2D eigenvalue weighted by Crippen LogP contribution is -2.49. The molecule has 33 heavy (non-hydrogen) atoms. The highest BCUT2D eigenvalue weighted by Crippen LogP contribution is 2.29. The van der Waals surface area contributed by atoms with Gasteiger partial charge in [0, 0.05) is 69.7 Å². The second kappa shape index (κ2) is 8.73. The smallest absolute Gasteiger partial charge is 0.332 e. The second-order valence-electron chi connectivity index (χ2n) is 7.87. The van der Waals surface area contributed by atoms with Crippen molar-refractivity contribution in [1.29, 1.82) is 0 Å². The third-order valence-electron chi connectivity index (χ3n) is 5.92. The molecule has 4 rings (SSSR count). The lowest BCUT2D eigenvalue weighted by molar-refractivity contribution is -0.384. The number of nitro groups is 1. The zero-order chi connectivity index (χ0) is 23.7. The van der Waals surface area contributed by atoms with E-state index in [0.717, 1.165) is 4.57 Å². The molecule has 0 amide bonds. The summed E-state index contributed by atoms with van der Waals surface area (Å²) in [4.78, 5) is 52.3. The highest BCUT2D eigenvalue weighted by Gasteiger charge is 2.25. The van der Waals surface area contributed by atoms with Crippen LogP contribution in [0.4, 0.5) is 17.2 Å². The summed E-state index contributed by atoms with van der Waals surface area (Å²) in [6.07, 6.45) is 0. The molecule has 0 N–H and O–H groups in total. The molecule has 0 saturated carbocycles. The van der Waals surface area contributed by atoms with Crippen LogP contribution in [-0.4, -0.2) is 46.0 Å². The third kappa shape index (κ3) is 4.14. The molecule has 1 aromatic heterocycles. The molecule has 0 atom stereocenters. The summed E-state index contributed by atoms with van der Waals surface area (Å²) in [5.74, 6) is 0.248. The second-order valence-corrected chi connectivity index (χ2v) is 7.87. The highest BCUT2D eigenvalue weighted by molar-refractivity contribution is 6.12. The SMILES string of the molecule is Cn1c(N2CCN(c3ccc([N+](=O)[O-])cc3C(=O)c3ccccc3)CC2)cc(=O)n(C)c1=O. The van der Waals surface area contributed by atoms with Crippen LogP contribution in [0.15, 0.2) is 64.2 Å². The van der Waals surface area contributed by atoms with E-state index in [9.17, 15) is 24.5 Å². The van der Waals surface area contributed by atoms with E-state index >= 15 is 0 Å². The van der Waals surface area contributed by atoms with Crippen molar-refractivity contribution in [2.75, 3.05) is 36.0 Å². The van der Waals surface area contributed by atoms with Crippen molar-refractivity contribution in [1.82, 2.24) is 9.13 Å². The van der Waals surface area contributed by atoms with Crippen molar-refractivity contribution in [2.24, 2.45) is 14.1 Å². The van der Waals surface area contributed by atoms with Gasteiger partial charge in [0.2, 0.25) is 0 Å². The summed E-state index contributed by atoms with van der Waals surface area (Å²) >= 11 is 0. The molecule has 0 bridgehead atoms. The molecule has 2 aromatic carbocycles. The minimum atomic E-state index is -0.514. The first-order valence-electron chi connectivity index (χ1n) is 10.4. The molecule has 2 heterocycles. The predicted molar refractivity (Wildman–Crippen MR) is 124 cm³/mol. The number of ketones is 1. The van der Waals surface area contributed by atoms with Gasteiger partial charge in [0.1, 0.15) is 5.82 Å². The molecule has 0 aliphatic carbocycles. The number of non-ortho nitro benzene ring substituents is 1. The first-order chi connectivity index (χ1) is 15.8. The monoisotopic (exact) mass is 449 g/mol. The molecule has 1 fully saturated rings. The number of anilines is 2.